The molecule has 0 fully saturated rings. The molecule has 1 N–H and O–H groups in total. The summed E-state index contributed by atoms with van der Waals surface area (Å²) >= 11 is 0. The number of carbonyl (C=O) groups excluding carboxylic acids is 1. The first-order valence-corrected chi connectivity index (χ1v) is 10.3. The molecule has 4 rings (SSSR count). The number of methoxy groups -OCH3 is 2. The molecule has 1 aliphatic carbocycles. The number of amides is 1. The van der Waals surface area contributed by atoms with Gasteiger partial charge in [0.05, 0.1) is 20.4 Å². The number of nitrogens with one attached hydrogen (secondary N) is 1. The van der Waals surface area contributed by atoms with Crippen LogP contribution in [-0.2, 0) is 24.2 Å². The molecule has 6 heteroatoms. The van der Waals surface area contributed by atoms with E-state index >= 15 is 0 Å². The first-order valence-electron chi connectivity index (χ1n) is 10.3. The van der Waals surface area contributed by atoms with Crippen LogP contribution < -0.4 is 14.9 Å². The van der Waals surface area contributed by atoms with Crippen molar-refractivity contribution in [2.24, 2.45) is 5.10 Å². The Morgan fingerprint density at radius 3 is 2.73 bits per heavy atom. The molecule has 1 aliphatic rings. The maximum atomic E-state index is 12.4. The molecule has 0 saturated carbocycles. The third kappa shape index (κ3) is 4.03. The summed E-state index contributed by atoms with van der Waals surface area (Å²) in [5.41, 5.74) is 7.53. The minimum atomic E-state index is -0.103. The fraction of sp³-hybridized carbons (Fsp3) is 0.333. The number of ether oxygens (including phenoxy) is 2. The van der Waals surface area contributed by atoms with Crippen LogP contribution in [0.25, 0.3) is 10.9 Å². The highest BCUT2D eigenvalue weighted by molar-refractivity contribution is 5.86. The molecule has 0 unspecified atom stereocenters. The molecule has 0 saturated heterocycles. The van der Waals surface area contributed by atoms with Crippen LogP contribution in [0.5, 0.6) is 11.5 Å². The Hall–Kier alpha value is -3.28. The second-order valence-electron chi connectivity index (χ2n) is 7.46. The predicted molar refractivity (Wildman–Crippen MR) is 118 cm³/mol. The van der Waals surface area contributed by atoms with Crippen molar-refractivity contribution >= 4 is 23.0 Å². The second-order valence-corrected chi connectivity index (χ2v) is 7.46. The van der Waals surface area contributed by atoms with Gasteiger partial charge in [-0.1, -0.05) is 18.2 Å². The van der Waals surface area contributed by atoms with Crippen LogP contribution in [0.1, 0.15) is 36.1 Å². The monoisotopic (exact) mass is 405 g/mol. The third-order valence-corrected chi connectivity index (χ3v) is 5.66. The van der Waals surface area contributed by atoms with Gasteiger partial charge in [0.15, 0.2) is 11.5 Å². The Bertz CT molecular complexity index is 1080. The summed E-state index contributed by atoms with van der Waals surface area (Å²) in [6, 6.07) is 14.0. The molecule has 1 aromatic heterocycles. The average molecular weight is 405 g/mol. The molecule has 0 atom stereocenters. The van der Waals surface area contributed by atoms with Crippen LogP contribution in [0.3, 0.4) is 0 Å². The zero-order chi connectivity index (χ0) is 20.9. The van der Waals surface area contributed by atoms with Crippen LogP contribution in [0.15, 0.2) is 47.6 Å². The summed E-state index contributed by atoms with van der Waals surface area (Å²) in [5, 5.41) is 5.42. The van der Waals surface area contributed by atoms with E-state index in [2.05, 4.69) is 39.4 Å². The standard InChI is InChI=1S/C24H27N3O3/c1-29-22-12-11-17(15-23(22)30-2)16-25-26-24(28)13-14-27-20-9-5-3-7-18(20)19-8-4-6-10-21(19)27/h3,5,7,9,11-12,15-16H,4,6,8,10,13-14H2,1-2H3,(H,26,28)/b25-16+. The topological polar surface area (TPSA) is 64.8 Å². The van der Waals surface area contributed by atoms with Gasteiger partial charge in [-0.25, -0.2) is 5.43 Å². The zero-order valence-corrected chi connectivity index (χ0v) is 17.5. The van der Waals surface area contributed by atoms with Crippen molar-refractivity contribution in [3.8, 4) is 11.5 Å². The van der Waals surface area contributed by atoms with E-state index in [-0.39, 0.29) is 5.91 Å². The first kappa shape index (κ1) is 20.0. The number of nitrogens with zero attached hydrogens (tertiary/aromatic N) is 2. The number of hydrogen-bond acceptors (Lipinski definition) is 4. The summed E-state index contributed by atoms with van der Waals surface area (Å²) in [7, 11) is 3.18. The number of aromatic nitrogens is 1. The fourth-order valence-corrected chi connectivity index (χ4v) is 4.22. The lowest BCUT2D eigenvalue weighted by Crippen LogP contribution is -2.20. The molecular formula is C24H27N3O3. The SMILES string of the molecule is COc1ccc(/C=N/NC(=O)CCn2c3c(c4ccccc42)CCCC3)cc1OC. The largest absolute Gasteiger partial charge is 0.493 e. The van der Waals surface area contributed by atoms with Gasteiger partial charge in [-0.05, 0) is 61.1 Å². The van der Waals surface area contributed by atoms with E-state index in [1.807, 2.05) is 18.2 Å². The van der Waals surface area contributed by atoms with Crippen molar-refractivity contribution in [1.29, 1.82) is 0 Å². The average Bonchev–Trinajstić information content (AvgIpc) is 3.11. The summed E-state index contributed by atoms with van der Waals surface area (Å²) in [5.74, 6) is 1.17. The van der Waals surface area contributed by atoms with Gasteiger partial charge >= 0.3 is 0 Å². The highest BCUT2D eigenvalue weighted by atomic mass is 16.5. The molecule has 156 valence electrons. The summed E-state index contributed by atoms with van der Waals surface area (Å²) in [6.07, 6.45) is 6.66. The predicted octanol–water partition coefficient (Wildman–Crippen LogP) is 4.08. The number of fused-ring (bicyclic) bond motifs is 3. The van der Waals surface area contributed by atoms with Crippen molar-refractivity contribution in [3.05, 3.63) is 59.3 Å². The molecule has 0 radical (unpaired) electrons. The van der Waals surface area contributed by atoms with Crippen molar-refractivity contribution in [2.45, 2.75) is 38.6 Å². The van der Waals surface area contributed by atoms with Gasteiger partial charge in [-0.2, -0.15) is 5.10 Å². The Morgan fingerprint density at radius 1 is 1.10 bits per heavy atom. The quantitative estimate of drug-likeness (QED) is 0.476. The molecule has 2 aromatic carbocycles. The molecule has 1 heterocycles. The van der Waals surface area contributed by atoms with Crippen molar-refractivity contribution < 1.29 is 14.3 Å². The van der Waals surface area contributed by atoms with E-state index in [4.69, 9.17) is 9.47 Å². The minimum absolute atomic E-state index is 0.103. The third-order valence-electron chi connectivity index (χ3n) is 5.66. The van der Waals surface area contributed by atoms with Gasteiger partial charge < -0.3 is 14.0 Å². The van der Waals surface area contributed by atoms with Gasteiger partial charge in [0.25, 0.3) is 0 Å². The number of para-hydroxylation sites is 1. The van der Waals surface area contributed by atoms with Crippen LogP contribution in [-0.4, -0.2) is 30.9 Å². The van der Waals surface area contributed by atoms with E-state index < -0.39 is 0 Å². The summed E-state index contributed by atoms with van der Waals surface area (Å²) in [6.45, 7) is 0.660. The minimum Gasteiger partial charge on any atom is -0.493 e. The molecule has 0 aliphatic heterocycles. The fourth-order valence-electron chi connectivity index (χ4n) is 4.22. The van der Waals surface area contributed by atoms with Crippen LogP contribution in [0.4, 0.5) is 0 Å². The Morgan fingerprint density at radius 2 is 1.90 bits per heavy atom. The summed E-state index contributed by atoms with van der Waals surface area (Å²) in [4.78, 5) is 12.4. The molecule has 0 spiro atoms. The smallest absolute Gasteiger partial charge is 0.241 e. The van der Waals surface area contributed by atoms with Crippen LogP contribution >= 0.6 is 0 Å². The van der Waals surface area contributed by atoms with Crippen LogP contribution in [0.2, 0.25) is 0 Å². The normalized spacial score (nSPS) is 13.4. The summed E-state index contributed by atoms with van der Waals surface area (Å²) < 4.78 is 12.8. The highest BCUT2D eigenvalue weighted by Crippen LogP contribution is 2.32. The molecule has 30 heavy (non-hydrogen) atoms. The Kier molecular flexibility index (Phi) is 6.02. The number of benzene rings is 2. The maximum absolute atomic E-state index is 12.4. The molecule has 6 nitrogen and oxygen atoms in total. The van der Waals surface area contributed by atoms with Crippen molar-refractivity contribution in [1.82, 2.24) is 9.99 Å². The molecular weight excluding hydrogens is 378 g/mol. The van der Waals surface area contributed by atoms with E-state index in [1.54, 1.807) is 20.4 Å². The maximum Gasteiger partial charge on any atom is 0.241 e. The van der Waals surface area contributed by atoms with E-state index in [1.165, 1.54) is 35.0 Å². The Balaban J connectivity index is 1.41. The highest BCUT2D eigenvalue weighted by Gasteiger charge is 2.19. The lowest BCUT2D eigenvalue weighted by molar-refractivity contribution is -0.121. The molecule has 3 aromatic rings. The second kappa shape index (κ2) is 9.03. The molecule has 1 amide bonds. The first-order chi connectivity index (χ1) is 14.7. The number of aryl methyl sites for hydroxylation is 2. The number of hydrogen-bond donors (Lipinski definition) is 1. The molecule has 0 bridgehead atoms. The number of rotatable bonds is 7. The zero-order valence-electron chi connectivity index (χ0n) is 17.5. The van der Waals surface area contributed by atoms with Gasteiger partial charge in [0, 0.05) is 29.6 Å². The Labute approximate surface area is 176 Å². The van der Waals surface area contributed by atoms with Gasteiger partial charge in [0.2, 0.25) is 5.91 Å². The van der Waals surface area contributed by atoms with Crippen molar-refractivity contribution in [2.75, 3.05) is 14.2 Å². The van der Waals surface area contributed by atoms with Crippen LogP contribution in [0, 0.1) is 0 Å². The number of hydrazone groups is 1. The lowest BCUT2D eigenvalue weighted by Gasteiger charge is -2.15. The number of carbonyl (C=O) groups is 1. The van der Waals surface area contributed by atoms with Crippen molar-refractivity contribution in [3.63, 3.8) is 0 Å². The van der Waals surface area contributed by atoms with E-state index in [9.17, 15) is 4.79 Å². The lowest BCUT2D eigenvalue weighted by atomic mass is 9.95. The van der Waals surface area contributed by atoms with Gasteiger partial charge in [-0.15, -0.1) is 0 Å². The van der Waals surface area contributed by atoms with E-state index in [0.29, 0.717) is 24.5 Å². The van der Waals surface area contributed by atoms with Gasteiger partial charge in [0.1, 0.15) is 0 Å². The van der Waals surface area contributed by atoms with E-state index in [0.717, 1.165) is 18.4 Å². The van der Waals surface area contributed by atoms with Gasteiger partial charge in [-0.3, -0.25) is 4.79 Å².